The Bertz CT molecular complexity index is 601. The van der Waals surface area contributed by atoms with Gasteiger partial charge in [0.2, 0.25) is 10.0 Å². The Labute approximate surface area is 117 Å². The molecule has 8 heteroatoms. The van der Waals surface area contributed by atoms with E-state index in [0.29, 0.717) is 0 Å². The van der Waals surface area contributed by atoms with Crippen LogP contribution in [0.4, 0.5) is 10.1 Å². The van der Waals surface area contributed by atoms with Crippen molar-refractivity contribution in [2.45, 2.75) is 24.8 Å². The Kier molecular flexibility index (Phi) is 5.07. The Morgan fingerprint density at radius 3 is 2.45 bits per heavy atom. The topological polar surface area (TPSA) is 89.7 Å². The summed E-state index contributed by atoms with van der Waals surface area (Å²) in [5, 5.41) is 4.93. The Morgan fingerprint density at radius 1 is 1.45 bits per heavy atom. The van der Waals surface area contributed by atoms with Gasteiger partial charge in [-0.1, -0.05) is 0 Å². The van der Waals surface area contributed by atoms with Crippen molar-refractivity contribution in [1.29, 1.82) is 0 Å². The van der Waals surface area contributed by atoms with Gasteiger partial charge >= 0.3 is 5.97 Å². The number of anilines is 1. The maximum atomic E-state index is 14.0. The summed E-state index contributed by atoms with van der Waals surface area (Å²) in [6, 6.07) is 3.12. The van der Waals surface area contributed by atoms with Crippen LogP contribution >= 0.6 is 0 Å². The number of primary sulfonamides is 1. The second-order valence-electron chi connectivity index (χ2n) is 4.46. The van der Waals surface area contributed by atoms with E-state index in [0.717, 1.165) is 6.07 Å². The third-order valence-electron chi connectivity index (χ3n) is 2.71. The van der Waals surface area contributed by atoms with Crippen LogP contribution in [0.15, 0.2) is 23.1 Å². The molecule has 0 heterocycles. The first kappa shape index (κ1) is 16.4. The second-order valence-corrected chi connectivity index (χ2v) is 6.02. The zero-order valence-electron chi connectivity index (χ0n) is 11.5. The van der Waals surface area contributed by atoms with Gasteiger partial charge in [0.15, 0.2) is 0 Å². The Hall–Kier alpha value is -1.67. The lowest BCUT2D eigenvalue weighted by atomic mass is 10.2. The van der Waals surface area contributed by atoms with Crippen molar-refractivity contribution in [2.75, 3.05) is 18.6 Å². The highest BCUT2D eigenvalue weighted by molar-refractivity contribution is 7.89. The van der Waals surface area contributed by atoms with Gasteiger partial charge in [-0.15, -0.1) is 0 Å². The molecule has 0 aliphatic carbocycles. The first-order chi connectivity index (χ1) is 9.16. The Balaban J connectivity index is 3.19. The minimum Gasteiger partial charge on any atom is -0.468 e. The molecule has 0 radical (unpaired) electrons. The van der Waals surface area contributed by atoms with E-state index in [2.05, 4.69) is 4.74 Å². The van der Waals surface area contributed by atoms with E-state index in [1.807, 2.05) is 0 Å². The molecule has 0 saturated carbocycles. The van der Waals surface area contributed by atoms with E-state index < -0.39 is 21.8 Å². The molecule has 0 aromatic heterocycles. The minimum absolute atomic E-state index is 0.109. The smallest absolute Gasteiger partial charge is 0.325 e. The van der Waals surface area contributed by atoms with Crippen LogP contribution in [-0.2, 0) is 19.6 Å². The average Bonchev–Trinajstić information content (AvgIpc) is 2.34. The summed E-state index contributed by atoms with van der Waals surface area (Å²) in [5.74, 6) is -1.29. The van der Waals surface area contributed by atoms with Gasteiger partial charge in [-0.2, -0.15) is 0 Å². The number of hydrogen-bond donors (Lipinski definition) is 1. The van der Waals surface area contributed by atoms with Gasteiger partial charge in [0, 0.05) is 6.04 Å². The summed E-state index contributed by atoms with van der Waals surface area (Å²) in [6.07, 6.45) is 0. The Morgan fingerprint density at radius 2 is 2.05 bits per heavy atom. The molecule has 2 N–H and O–H groups in total. The fourth-order valence-corrected chi connectivity index (χ4v) is 2.17. The van der Waals surface area contributed by atoms with E-state index >= 15 is 0 Å². The van der Waals surface area contributed by atoms with Crippen LogP contribution in [0.3, 0.4) is 0 Å². The van der Waals surface area contributed by atoms with E-state index in [9.17, 15) is 17.6 Å². The predicted molar refractivity (Wildman–Crippen MR) is 72.3 cm³/mol. The molecule has 6 nitrogen and oxygen atoms in total. The van der Waals surface area contributed by atoms with Gasteiger partial charge in [-0.05, 0) is 32.0 Å². The molecule has 0 bridgehead atoms. The summed E-state index contributed by atoms with van der Waals surface area (Å²) in [7, 11) is -2.73. The maximum Gasteiger partial charge on any atom is 0.325 e. The number of esters is 1. The quantitative estimate of drug-likeness (QED) is 0.815. The van der Waals surface area contributed by atoms with Gasteiger partial charge in [0.25, 0.3) is 0 Å². The fraction of sp³-hybridized carbons (Fsp3) is 0.417. The molecule has 0 aliphatic heterocycles. The number of rotatable bonds is 5. The second kappa shape index (κ2) is 6.19. The molecule has 1 aromatic rings. The molecule has 112 valence electrons. The highest BCUT2D eigenvalue weighted by Crippen LogP contribution is 2.24. The third-order valence-corrected chi connectivity index (χ3v) is 3.62. The summed E-state index contributed by atoms with van der Waals surface area (Å²) >= 11 is 0. The number of sulfonamides is 1. The molecular weight excluding hydrogens is 287 g/mol. The first-order valence-electron chi connectivity index (χ1n) is 5.82. The van der Waals surface area contributed by atoms with Gasteiger partial charge in [0.05, 0.1) is 17.7 Å². The number of carbonyl (C=O) groups excluding carboxylic acids is 1. The van der Waals surface area contributed by atoms with E-state index in [-0.39, 0.29) is 23.2 Å². The largest absolute Gasteiger partial charge is 0.468 e. The monoisotopic (exact) mass is 304 g/mol. The maximum absolute atomic E-state index is 14.0. The zero-order chi connectivity index (χ0) is 15.5. The number of carbonyl (C=O) groups is 1. The van der Waals surface area contributed by atoms with Gasteiger partial charge in [-0.3, -0.25) is 4.79 Å². The van der Waals surface area contributed by atoms with Crippen LogP contribution in [0.1, 0.15) is 13.8 Å². The molecule has 1 rings (SSSR count). The SMILES string of the molecule is COC(=O)CN(c1ccc(S(N)(=O)=O)cc1F)C(C)C. The molecule has 0 spiro atoms. The number of nitrogens with zero attached hydrogens (tertiary/aromatic N) is 1. The van der Waals surface area contributed by atoms with Crippen LogP contribution in [0.5, 0.6) is 0 Å². The van der Waals surface area contributed by atoms with Gasteiger partial charge in [0.1, 0.15) is 12.4 Å². The summed E-state index contributed by atoms with van der Waals surface area (Å²) in [6.45, 7) is 3.41. The number of ether oxygens (including phenoxy) is 1. The zero-order valence-corrected chi connectivity index (χ0v) is 12.3. The number of hydrogen-bond acceptors (Lipinski definition) is 5. The van der Waals surface area contributed by atoms with Crippen LogP contribution in [-0.4, -0.2) is 34.1 Å². The van der Waals surface area contributed by atoms with Crippen LogP contribution in [0.2, 0.25) is 0 Å². The highest BCUT2D eigenvalue weighted by atomic mass is 32.2. The van der Waals surface area contributed by atoms with Crippen LogP contribution < -0.4 is 10.0 Å². The highest BCUT2D eigenvalue weighted by Gasteiger charge is 2.20. The average molecular weight is 304 g/mol. The lowest BCUT2D eigenvalue weighted by molar-refractivity contribution is -0.139. The van der Waals surface area contributed by atoms with Crippen LogP contribution in [0.25, 0.3) is 0 Å². The van der Waals surface area contributed by atoms with E-state index in [1.165, 1.54) is 24.1 Å². The van der Waals surface area contributed by atoms with Crippen molar-refractivity contribution in [1.82, 2.24) is 0 Å². The molecule has 0 saturated heterocycles. The minimum atomic E-state index is -3.97. The van der Waals surface area contributed by atoms with E-state index in [1.54, 1.807) is 13.8 Å². The van der Waals surface area contributed by atoms with Crippen molar-refractivity contribution in [3.8, 4) is 0 Å². The standard InChI is InChI=1S/C12H17FN2O4S/c1-8(2)15(7-12(16)19-3)11-5-4-9(6-10(11)13)20(14,17)18/h4-6,8H,7H2,1-3H3,(H2,14,17,18). The molecular formula is C12H17FN2O4S. The summed E-state index contributed by atoms with van der Waals surface area (Å²) < 4.78 is 40.9. The number of benzene rings is 1. The third kappa shape index (κ3) is 3.91. The van der Waals surface area contributed by atoms with Crippen molar-refractivity contribution < 1.29 is 22.3 Å². The first-order valence-corrected chi connectivity index (χ1v) is 7.37. The van der Waals surface area contributed by atoms with Gasteiger partial charge < -0.3 is 9.64 Å². The van der Waals surface area contributed by atoms with Crippen molar-refractivity contribution in [2.24, 2.45) is 5.14 Å². The van der Waals surface area contributed by atoms with E-state index in [4.69, 9.17) is 5.14 Å². The number of methoxy groups -OCH3 is 1. The lowest BCUT2D eigenvalue weighted by Crippen LogP contribution is -2.36. The number of halogens is 1. The van der Waals surface area contributed by atoms with Gasteiger partial charge in [-0.25, -0.2) is 17.9 Å². The lowest BCUT2D eigenvalue weighted by Gasteiger charge is -2.28. The normalized spacial score (nSPS) is 11.5. The molecule has 0 aliphatic rings. The molecule has 1 aromatic carbocycles. The van der Waals surface area contributed by atoms with Crippen molar-refractivity contribution in [3.63, 3.8) is 0 Å². The molecule has 20 heavy (non-hydrogen) atoms. The summed E-state index contributed by atoms with van der Waals surface area (Å²) in [4.78, 5) is 12.5. The molecule has 0 amide bonds. The van der Waals surface area contributed by atoms with Crippen LogP contribution in [0, 0.1) is 5.82 Å². The predicted octanol–water partition coefficient (Wildman–Crippen LogP) is 0.861. The van der Waals surface area contributed by atoms with Crippen molar-refractivity contribution in [3.05, 3.63) is 24.0 Å². The number of nitrogens with two attached hydrogens (primary N) is 1. The summed E-state index contributed by atoms with van der Waals surface area (Å²) in [5.41, 5.74) is 0.109. The molecule has 0 atom stereocenters. The molecule has 0 fully saturated rings. The molecule has 0 unspecified atom stereocenters. The van der Waals surface area contributed by atoms with Crippen molar-refractivity contribution >= 4 is 21.7 Å². The fourth-order valence-electron chi connectivity index (χ4n) is 1.65.